The number of hydrogen-bond donors (Lipinski definition) is 4. The first-order chi connectivity index (χ1) is 20.0. The molecular formula is C30H44N4O7S. The van der Waals surface area contributed by atoms with Crippen LogP contribution in [0.4, 0.5) is 10.5 Å². The maximum absolute atomic E-state index is 13.9. The Bertz CT molecular complexity index is 1260. The first-order valence-electron chi connectivity index (χ1n) is 14.5. The Balaban J connectivity index is 1.55. The lowest BCUT2D eigenvalue weighted by Crippen LogP contribution is -2.52. The van der Waals surface area contributed by atoms with Gasteiger partial charge in [-0.1, -0.05) is 44.2 Å². The average molecular weight is 605 g/mol. The number of nitrogens with two attached hydrogens (primary N) is 2. The summed E-state index contributed by atoms with van der Waals surface area (Å²) >= 11 is 0. The number of ether oxygens (including phenoxy) is 3. The molecule has 2 aliphatic rings. The summed E-state index contributed by atoms with van der Waals surface area (Å²) in [6, 6.07) is 14.5. The predicted octanol–water partition coefficient (Wildman–Crippen LogP) is 2.48. The zero-order valence-corrected chi connectivity index (χ0v) is 25.2. The van der Waals surface area contributed by atoms with Crippen molar-refractivity contribution in [3.8, 4) is 0 Å². The minimum atomic E-state index is -4.02. The predicted molar refractivity (Wildman–Crippen MR) is 159 cm³/mol. The lowest BCUT2D eigenvalue weighted by atomic mass is 9.87. The number of aliphatic hydroxyl groups excluding tert-OH is 1. The topological polar surface area (TPSA) is 166 Å². The summed E-state index contributed by atoms with van der Waals surface area (Å²) in [5.41, 5.74) is 12.4. The summed E-state index contributed by atoms with van der Waals surface area (Å²) in [4.78, 5) is 13.1. The molecule has 0 aliphatic carbocycles. The molecule has 0 unspecified atom stereocenters. The standard InChI is InChI=1S/C30H44N4O7S/c1-30(2,14-6-15-31)20-34(42(37,38)23-11-9-22(32)10-12-23)18-26(35)25(17-21-7-4-3-5-8-21)33-29(36)41-27-19-40-28-24(27)13-16-39-28/h3-5,7-12,24-28,35H,6,13-20,31-32H2,1-2H3,(H,33,36)/t24-,25-,26-,27-,28+/m0/s1. The number of carbonyl (C=O) groups is 1. The molecule has 2 aromatic carbocycles. The van der Waals surface area contributed by atoms with Crippen LogP contribution in [0.5, 0.6) is 0 Å². The van der Waals surface area contributed by atoms with Gasteiger partial charge in [-0.25, -0.2) is 13.2 Å². The lowest BCUT2D eigenvalue weighted by Gasteiger charge is -2.35. The van der Waals surface area contributed by atoms with E-state index in [0.717, 1.165) is 18.4 Å². The quantitative estimate of drug-likeness (QED) is 0.237. The van der Waals surface area contributed by atoms with Crippen molar-refractivity contribution in [2.24, 2.45) is 17.1 Å². The molecule has 1 amide bonds. The number of benzene rings is 2. The van der Waals surface area contributed by atoms with Crippen LogP contribution in [0.2, 0.25) is 0 Å². The number of rotatable bonds is 14. The molecule has 232 valence electrons. The van der Waals surface area contributed by atoms with Crippen molar-refractivity contribution >= 4 is 21.8 Å². The fourth-order valence-corrected chi connectivity index (χ4v) is 7.18. The van der Waals surface area contributed by atoms with Crippen molar-refractivity contribution in [3.63, 3.8) is 0 Å². The molecule has 12 heteroatoms. The second-order valence-electron chi connectivity index (χ2n) is 11.9. The van der Waals surface area contributed by atoms with Crippen LogP contribution in [0.15, 0.2) is 59.5 Å². The van der Waals surface area contributed by atoms with Gasteiger partial charge in [0.1, 0.15) is 6.10 Å². The Morgan fingerprint density at radius 1 is 1.17 bits per heavy atom. The number of anilines is 1. The Hall–Kier alpha value is -2.74. The van der Waals surface area contributed by atoms with Crippen molar-refractivity contribution in [3.05, 3.63) is 60.2 Å². The van der Waals surface area contributed by atoms with Gasteiger partial charge in [-0.05, 0) is 67.5 Å². The molecule has 2 aromatic rings. The smallest absolute Gasteiger partial charge is 0.407 e. The molecule has 2 heterocycles. The van der Waals surface area contributed by atoms with Gasteiger partial charge in [0, 0.05) is 18.8 Å². The van der Waals surface area contributed by atoms with Gasteiger partial charge in [0.05, 0.1) is 36.2 Å². The molecule has 6 N–H and O–H groups in total. The molecule has 0 radical (unpaired) electrons. The Morgan fingerprint density at radius 3 is 2.57 bits per heavy atom. The molecule has 0 bridgehead atoms. The number of sulfonamides is 1. The summed E-state index contributed by atoms with van der Waals surface area (Å²) in [6.45, 7) is 5.11. The number of nitrogen functional groups attached to an aromatic ring is 1. The van der Waals surface area contributed by atoms with E-state index in [1.807, 2.05) is 44.2 Å². The van der Waals surface area contributed by atoms with Gasteiger partial charge in [-0.15, -0.1) is 0 Å². The lowest BCUT2D eigenvalue weighted by molar-refractivity contribution is -0.0907. The first-order valence-corrected chi connectivity index (χ1v) is 15.9. The van der Waals surface area contributed by atoms with Crippen molar-refractivity contribution in [1.82, 2.24) is 9.62 Å². The van der Waals surface area contributed by atoms with Gasteiger partial charge in [-0.2, -0.15) is 4.31 Å². The molecule has 2 saturated heterocycles. The van der Waals surface area contributed by atoms with Gasteiger partial charge in [0.15, 0.2) is 6.29 Å². The number of hydrogen-bond acceptors (Lipinski definition) is 9. The van der Waals surface area contributed by atoms with Crippen LogP contribution in [-0.2, 0) is 30.7 Å². The minimum Gasteiger partial charge on any atom is -0.443 e. The van der Waals surface area contributed by atoms with Gasteiger partial charge in [0.25, 0.3) is 0 Å². The maximum Gasteiger partial charge on any atom is 0.407 e. The molecule has 4 rings (SSSR count). The molecule has 5 atom stereocenters. The van der Waals surface area contributed by atoms with Crippen LogP contribution in [0.3, 0.4) is 0 Å². The number of alkyl carbamates (subject to hydrolysis) is 1. The van der Waals surface area contributed by atoms with Crippen LogP contribution in [0.1, 0.15) is 38.7 Å². The molecule has 0 saturated carbocycles. The van der Waals surface area contributed by atoms with Gasteiger partial charge in [-0.3, -0.25) is 0 Å². The van der Waals surface area contributed by atoms with Crippen LogP contribution in [-0.4, -0.2) is 81.3 Å². The third kappa shape index (κ3) is 8.42. The fourth-order valence-electron chi connectivity index (χ4n) is 5.53. The van der Waals surface area contributed by atoms with E-state index in [4.69, 9.17) is 25.7 Å². The van der Waals surface area contributed by atoms with E-state index in [1.54, 1.807) is 0 Å². The Morgan fingerprint density at radius 2 is 1.88 bits per heavy atom. The molecule has 0 aromatic heterocycles. The third-order valence-corrected chi connectivity index (χ3v) is 9.71. The van der Waals surface area contributed by atoms with Crippen molar-refractivity contribution in [2.75, 3.05) is 38.6 Å². The first kappa shape index (κ1) is 32.2. The molecule has 11 nitrogen and oxygen atoms in total. The summed E-state index contributed by atoms with van der Waals surface area (Å²) in [5, 5.41) is 14.4. The van der Waals surface area contributed by atoms with Crippen molar-refractivity contribution in [2.45, 2.75) is 69.0 Å². The zero-order valence-electron chi connectivity index (χ0n) is 24.4. The summed E-state index contributed by atoms with van der Waals surface area (Å²) in [5.74, 6) is -0.0375. The van der Waals surface area contributed by atoms with Crippen LogP contribution < -0.4 is 16.8 Å². The fraction of sp³-hybridized carbons (Fsp3) is 0.567. The highest BCUT2D eigenvalue weighted by Gasteiger charge is 2.44. The van der Waals surface area contributed by atoms with Gasteiger partial charge >= 0.3 is 6.09 Å². The third-order valence-electron chi connectivity index (χ3n) is 7.88. The monoisotopic (exact) mass is 604 g/mol. The Kier molecular flexibility index (Phi) is 10.8. The van der Waals surface area contributed by atoms with E-state index in [-0.39, 0.29) is 43.2 Å². The zero-order chi connectivity index (χ0) is 30.3. The highest BCUT2D eigenvalue weighted by atomic mass is 32.2. The maximum atomic E-state index is 13.9. The largest absolute Gasteiger partial charge is 0.443 e. The molecular weight excluding hydrogens is 560 g/mol. The van der Waals surface area contributed by atoms with Gasteiger partial charge in [0.2, 0.25) is 10.0 Å². The number of carbonyl (C=O) groups excluding carboxylic acids is 1. The van der Waals surface area contributed by atoms with Crippen LogP contribution in [0, 0.1) is 11.3 Å². The van der Waals surface area contributed by atoms with Crippen LogP contribution >= 0.6 is 0 Å². The number of amides is 1. The van der Waals surface area contributed by atoms with E-state index in [1.165, 1.54) is 28.6 Å². The highest BCUT2D eigenvalue weighted by Crippen LogP contribution is 2.33. The van der Waals surface area contributed by atoms with E-state index in [9.17, 15) is 18.3 Å². The normalized spacial score (nSPS) is 22.1. The highest BCUT2D eigenvalue weighted by molar-refractivity contribution is 7.89. The Labute approximate surface area is 248 Å². The van der Waals surface area contributed by atoms with Crippen molar-refractivity contribution in [1.29, 1.82) is 0 Å². The van der Waals surface area contributed by atoms with E-state index >= 15 is 0 Å². The second-order valence-corrected chi connectivity index (χ2v) is 13.8. The minimum absolute atomic E-state index is 0.0375. The van der Waals surface area contributed by atoms with Gasteiger partial charge < -0.3 is 36.1 Å². The summed E-state index contributed by atoms with van der Waals surface area (Å²) in [6.07, 6.45) is -0.369. The SMILES string of the molecule is CC(C)(CCCN)CN(C[C@H](O)[C@H](Cc1ccccc1)NC(=O)O[C@H]1CO[C@H]2OCC[C@H]21)S(=O)(=O)c1ccc(N)cc1. The summed E-state index contributed by atoms with van der Waals surface area (Å²) in [7, 11) is -4.02. The molecule has 2 fully saturated rings. The molecule has 42 heavy (non-hydrogen) atoms. The molecule has 0 spiro atoms. The number of nitrogens with zero attached hydrogens (tertiary/aromatic N) is 1. The molecule has 2 aliphatic heterocycles. The van der Waals surface area contributed by atoms with Crippen LogP contribution in [0.25, 0.3) is 0 Å². The number of aliphatic hydroxyl groups is 1. The number of nitrogens with one attached hydrogen (secondary N) is 1. The van der Waals surface area contributed by atoms with E-state index < -0.39 is 39.8 Å². The number of fused-ring (bicyclic) bond motifs is 1. The average Bonchev–Trinajstić information content (AvgIpc) is 3.57. The summed E-state index contributed by atoms with van der Waals surface area (Å²) < 4.78 is 45.9. The van der Waals surface area contributed by atoms with E-state index in [0.29, 0.717) is 25.3 Å². The van der Waals surface area contributed by atoms with Crippen molar-refractivity contribution < 1.29 is 32.5 Å². The van der Waals surface area contributed by atoms with E-state index in [2.05, 4.69) is 5.32 Å². The second kappa shape index (κ2) is 14.2.